The minimum atomic E-state index is -0.730. The molecule has 1 saturated carbocycles. The van der Waals surface area contributed by atoms with E-state index in [1.807, 2.05) is 13.8 Å². The molecule has 0 aliphatic heterocycles. The van der Waals surface area contributed by atoms with Crippen molar-refractivity contribution in [3.63, 3.8) is 0 Å². The quantitative estimate of drug-likeness (QED) is 0.537. The smallest absolute Gasteiger partial charge is 0.254 e. The molecule has 1 amide bonds. The summed E-state index contributed by atoms with van der Waals surface area (Å²) in [6.45, 7) is 8.57. The van der Waals surface area contributed by atoms with Gasteiger partial charge in [0.25, 0.3) is 5.91 Å². The Labute approximate surface area is 185 Å². The number of H-pyrrole nitrogens is 1. The first-order chi connectivity index (χ1) is 14.8. The molecule has 6 nitrogen and oxygen atoms in total. The zero-order valence-corrected chi connectivity index (χ0v) is 19.3. The number of aromatic amines is 1. The molecular formula is C25H36N4O2. The zero-order valence-electron chi connectivity index (χ0n) is 19.3. The number of hydrogen-bond acceptors (Lipinski definition) is 4. The van der Waals surface area contributed by atoms with Gasteiger partial charge in [-0.2, -0.15) is 0 Å². The van der Waals surface area contributed by atoms with Gasteiger partial charge in [-0.3, -0.25) is 9.89 Å². The van der Waals surface area contributed by atoms with Crippen LogP contribution in [0.4, 0.5) is 0 Å². The second kappa shape index (κ2) is 10.2. The second-order valence-electron chi connectivity index (χ2n) is 9.46. The number of carbonyl (C=O) groups excluding carboxylic acids is 1. The van der Waals surface area contributed by atoms with Gasteiger partial charge in [0.15, 0.2) is 0 Å². The number of rotatable bonds is 10. The summed E-state index contributed by atoms with van der Waals surface area (Å²) in [5.41, 5.74) is 10.4. The van der Waals surface area contributed by atoms with Crippen LogP contribution in [-0.4, -0.2) is 35.5 Å². The number of aromatic nitrogens is 2. The third-order valence-corrected chi connectivity index (χ3v) is 6.02. The number of benzene rings is 1. The van der Waals surface area contributed by atoms with Crippen LogP contribution < -0.4 is 10.5 Å². The molecule has 1 fully saturated rings. The average Bonchev–Trinajstić information content (AvgIpc) is 3.07. The van der Waals surface area contributed by atoms with Crippen molar-refractivity contribution in [2.45, 2.75) is 66.2 Å². The van der Waals surface area contributed by atoms with E-state index in [4.69, 9.17) is 10.5 Å². The fourth-order valence-corrected chi connectivity index (χ4v) is 3.93. The molecular weight excluding hydrogens is 388 g/mol. The lowest BCUT2D eigenvalue weighted by Crippen LogP contribution is -2.30. The monoisotopic (exact) mass is 424 g/mol. The Balaban J connectivity index is 1.66. The summed E-state index contributed by atoms with van der Waals surface area (Å²) in [6, 6.07) is 6.38. The van der Waals surface area contributed by atoms with Crippen LogP contribution in [0.3, 0.4) is 0 Å². The van der Waals surface area contributed by atoms with Gasteiger partial charge in [0.2, 0.25) is 5.88 Å². The largest absolute Gasteiger partial charge is 0.475 e. The first-order valence-corrected chi connectivity index (χ1v) is 11.4. The number of amides is 1. The zero-order chi connectivity index (χ0) is 22.4. The Bertz CT molecular complexity index is 905. The Morgan fingerprint density at radius 1 is 1.29 bits per heavy atom. The predicted octanol–water partition coefficient (Wildman–Crippen LogP) is 4.78. The first-order valence-electron chi connectivity index (χ1n) is 11.4. The Morgan fingerprint density at radius 3 is 2.61 bits per heavy atom. The van der Waals surface area contributed by atoms with Crippen LogP contribution in [0, 0.1) is 25.2 Å². The van der Waals surface area contributed by atoms with Crippen LogP contribution in [-0.2, 0) is 11.2 Å². The van der Waals surface area contributed by atoms with Crippen molar-refractivity contribution in [3.05, 3.63) is 34.9 Å². The molecule has 0 bridgehead atoms. The maximum Gasteiger partial charge on any atom is 0.254 e. The standard InChI is InChI=1S/C25H36N4O2/c1-17-13-18(2)15-20(14-17)22-21(10-11-26)23(29-28-22)31-16-25(3,4)24(30)27-12-6-9-19-7-5-8-19/h12-15,19H,5-11,16,26H2,1-4H3,(H,28,29). The van der Waals surface area contributed by atoms with Crippen molar-refractivity contribution >= 4 is 12.1 Å². The number of ether oxygens (including phenoxy) is 1. The van der Waals surface area contributed by atoms with Gasteiger partial charge in [-0.1, -0.05) is 36.5 Å². The molecule has 1 aromatic carbocycles. The number of nitrogens with zero attached hydrogens (tertiary/aromatic N) is 2. The SMILES string of the molecule is Cc1cc(C)cc(-c2[nH]nc(OCC(C)(C)C(=O)N=CCCC3CCC3)c2CCN)c1. The van der Waals surface area contributed by atoms with E-state index >= 15 is 0 Å². The highest BCUT2D eigenvalue weighted by Crippen LogP contribution is 2.32. The topological polar surface area (TPSA) is 93.4 Å². The molecule has 168 valence electrons. The lowest BCUT2D eigenvalue weighted by Gasteiger charge is -2.24. The third kappa shape index (κ3) is 6.03. The molecule has 1 aliphatic carbocycles. The number of carbonyl (C=O) groups is 1. The van der Waals surface area contributed by atoms with E-state index < -0.39 is 5.41 Å². The van der Waals surface area contributed by atoms with Crippen LogP contribution in [0.2, 0.25) is 0 Å². The number of nitrogens with one attached hydrogen (secondary N) is 1. The van der Waals surface area contributed by atoms with Crippen molar-refractivity contribution in [2.24, 2.45) is 22.1 Å². The maximum absolute atomic E-state index is 12.6. The molecule has 1 aromatic heterocycles. The van der Waals surface area contributed by atoms with E-state index in [2.05, 4.69) is 47.2 Å². The van der Waals surface area contributed by atoms with Gasteiger partial charge in [-0.15, -0.1) is 5.10 Å². The number of hydrogen-bond donors (Lipinski definition) is 2. The number of aryl methyl sites for hydroxylation is 2. The lowest BCUT2D eigenvalue weighted by atomic mass is 9.82. The number of aliphatic imine (C=N–C) groups is 1. The van der Waals surface area contributed by atoms with Crippen molar-refractivity contribution < 1.29 is 9.53 Å². The molecule has 2 aromatic rings. The summed E-state index contributed by atoms with van der Waals surface area (Å²) in [4.78, 5) is 16.8. The van der Waals surface area contributed by atoms with Gasteiger partial charge in [-0.05, 0) is 71.6 Å². The fourth-order valence-electron chi connectivity index (χ4n) is 3.93. The highest BCUT2D eigenvalue weighted by molar-refractivity contribution is 5.89. The van der Waals surface area contributed by atoms with Gasteiger partial charge in [0.05, 0.1) is 11.1 Å². The Morgan fingerprint density at radius 2 is 2.00 bits per heavy atom. The fraction of sp³-hybridized carbons (Fsp3) is 0.560. The molecule has 0 unspecified atom stereocenters. The van der Waals surface area contributed by atoms with Gasteiger partial charge < -0.3 is 10.5 Å². The Hall–Kier alpha value is -2.47. The molecule has 1 aliphatic rings. The van der Waals surface area contributed by atoms with Gasteiger partial charge >= 0.3 is 0 Å². The van der Waals surface area contributed by atoms with Gasteiger partial charge in [0.1, 0.15) is 6.61 Å². The highest BCUT2D eigenvalue weighted by Gasteiger charge is 2.29. The van der Waals surface area contributed by atoms with Crippen LogP contribution in [0.25, 0.3) is 11.3 Å². The molecule has 31 heavy (non-hydrogen) atoms. The molecule has 0 saturated heterocycles. The maximum atomic E-state index is 12.6. The molecule has 6 heteroatoms. The summed E-state index contributed by atoms with van der Waals surface area (Å²) in [6.07, 6.45) is 8.39. The molecule has 0 spiro atoms. The van der Waals surface area contributed by atoms with Crippen molar-refractivity contribution in [3.8, 4) is 17.1 Å². The summed E-state index contributed by atoms with van der Waals surface area (Å²) in [5.74, 6) is 1.17. The number of nitrogens with two attached hydrogens (primary N) is 1. The van der Waals surface area contributed by atoms with Gasteiger partial charge in [-0.25, -0.2) is 4.99 Å². The van der Waals surface area contributed by atoms with Crippen LogP contribution in [0.5, 0.6) is 5.88 Å². The van der Waals surface area contributed by atoms with Crippen LogP contribution >= 0.6 is 0 Å². The molecule has 3 rings (SSSR count). The summed E-state index contributed by atoms with van der Waals surface area (Å²) in [7, 11) is 0. The van der Waals surface area contributed by atoms with E-state index in [1.165, 1.54) is 30.4 Å². The van der Waals surface area contributed by atoms with E-state index in [9.17, 15) is 4.79 Å². The predicted molar refractivity (Wildman–Crippen MR) is 126 cm³/mol. The van der Waals surface area contributed by atoms with E-state index in [-0.39, 0.29) is 12.5 Å². The van der Waals surface area contributed by atoms with Crippen LogP contribution in [0.1, 0.15) is 62.6 Å². The summed E-state index contributed by atoms with van der Waals surface area (Å²) >= 11 is 0. The van der Waals surface area contributed by atoms with Crippen molar-refractivity contribution in [2.75, 3.05) is 13.2 Å². The average molecular weight is 425 g/mol. The van der Waals surface area contributed by atoms with E-state index in [1.54, 1.807) is 6.21 Å². The van der Waals surface area contributed by atoms with Crippen molar-refractivity contribution in [1.29, 1.82) is 0 Å². The Kier molecular flexibility index (Phi) is 7.65. The lowest BCUT2D eigenvalue weighted by molar-refractivity contribution is -0.127. The third-order valence-electron chi connectivity index (χ3n) is 6.02. The van der Waals surface area contributed by atoms with Crippen LogP contribution in [0.15, 0.2) is 23.2 Å². The molecule has 0 radical (unpaired) electrons. The minimum absolute atomic E-state index is 0.161. The van der Waals surface area contributed by atoms with E-state index in [0.29, 0.717) is 18.8 Å². The molecule has 3 N–H and O–H groups in total. The summed E-state index contributed by atoms with van der Waals surface area (Å²) < 4.78 is 6.02. The van der Waals surface area contributed by atoms with Gasteiger partial charge in [0, 0.05) is 17.3 Å². The normalized spacial score (nSPS) is 14.7. The molecule has 0 atom stereocenters. The van der Waals surface area contributed by atoms with E-state index in [0.717, 1.165) is 35.6 Å². The summed E-state index contributed by atoms with van der Waals surface area (Å²) in [5, 5.41) is 7.50. The minimum Gasteiger partial charge on any atom is -0.475 e. The highest BCUT2D eigenvalue weighted by atomic mass is 16.5. The molecule has 1 heterocycles. The second-order valence-corrected chi connectivity index (χ2v) is 9.46. The van der Waals surface area contributed by atoms with Crippen molar-refractivity contribution in [1.82, 2.24) is 10.2 Å². The first kappa shape index (κ1) is 23.2.